The Kier molecular flexibility index (Phi) is 9.94. The number of nitro groups is 1. The molecular weight excluding hydrogens is 645 g/mol. The minimum atomic E-state index is -5.84. The molecule has 43 heavy (non-hydrogen) atoms. The summed E-state index contributed by atoms with van der Waals surface area (Å²) in [5, 5.41) is 31.6. The zero-order valence-corrected chi connectivity index (χ0v) is 25.8. The van der Waals surface area contributed by atoms with E-state index in [0.717, 1.165) is 11.1 Å². The first-order valence-corrected chi connectivity index (χ1v) is 16.6. The Morgan fingerprint density at radius 2 is 1.63 bits per heavy atom. The first kappa shape index (κ1) is 35.5. The van der Waals surface area contributed by atoms with Crippen molar-refractivity contribution in [1.82, 2.24) is 5.06 Å². The van der Waals surface area contributed by atoms with Crippen molar-refractivity contribution >= 4 is 40.5 Å². The number of nitrogens with one attached hydrogen (secondary N) is 1. The molecule has 5 N–H and O–H groups in total. The predicted molar refractivity (Wildman–Crippen MR) is 143 cm³/mol. The van der Waals surface area contributed by atoms with Gasteiger partial charge in [-0.15, -0.1) is 10.3 Å². The molecule has 24 heteroatoms. The topological polar surface area (TPSA) is 305 Å². The first-order chi connectivity index (χ1) is 19.4. The molecule has 1 aromatic carbocycles. The number of rotatable bonds is 11. The molecule has 1 spiro atoms. The van der Waals surface area contributed by atoms with Crippen LogP contribution in [0.1, 0.15) is 40.5 Å². The van der Waals surface area contributed by atoms with Gasteiger partial charge in [-0.05, 0) is 39.3 Å². The van der Waals surface area contributed by atoms with Gasteiger partial charge >= 0.3 is 23.5 Å². The third kappa shape index (κ3) is 9.02. The molecule has 241 valence electrons. The van der Waals surface area contributed by atoms with E-state index < -0.39 is 76.3 Å². The summed E-state index contributed by atoms with van der Waals surface area (Å²) in [5.41, 5.74) is 4.08. The standard InChI is InChI=1S/C19H30N6O15P3/c1-16(2)8-19(9-17(3,4)25(16)28)36-10-18(11-37-19,12-38-42(32,33)40-43(34,35)39-41(29,30)31)21-14-6-5-13(22-23-20)7-15(14)24(26)27/h5-7,21H,8-12H2,1-4H3,(H,32,33)(H,34,35)(H2,29,30,31). The maximum atomic E-state index is 12.9. The third-order valence-electron chi connectivity index (χ3n) is 6.38. The fourth-order valence-electron chi connectivity index (χ4n) is 5.05. The summed E-state index contributed by atoms with van der Waals surface area (Å²) in [6, 6.07) is 3.34. The van der Waals surface area contributed by atoms with Gasteiger partial charge in [0.05, 0.1) is 24.7 Å². The number of nitro benzene ring substituents is 1. The van der Waals surface area contributed by atoms with E-state index in [9.17, 15) is 38.8 Å². The van der Waals surface area contributed by atoms with E-state index in [1.54, 1.807) is 27.7 Å². The van der Waals surface area contributed by atoms with E-state index in [-0.39, 0.29) is 24.2 Å². The van der Waals surface area contributed by atoms with Gasteiger partial charge in [0, 0.05) is 40.6 Å². The van der Waals surface area contributed by atoms with Crippen molar-refractivity contribution in [1.29, 1.82) is 0 Å². The summed E-state index contributed by atoms with van der Waals surface area (Å²) in [6.07, 6.45) is 0.166. The lowest BCUT2D eigenvalue weighted by Crippen LogP contribution is -2.69. The smallest absolute Gasteiger partial charge is 0.368 e. The SMILES string of the molecule is CC1(C)CC2(CC(C)(C)N1[O])OCC(COP(=O)(O)OP(=O)(O)OP(=O)(O)O)(Nc1ccc(N=[N+]=[N-])cc1[N+](=O)[O-])CO2. The summed E-state index contributed by atoms with van der Waals surface area (Å²) >= 11 is 0. The van der Waals surface area contributed by atoms with Crippen molar-refractivity contribution in [2.45, 2.75) is 62.9 Å². The summed E-state index contributed by atoms with van der Waals surface area (Å²) in [7, 11) is -17.1. The Bertz CT molecular complexity index is 1420. The zero-order chi connectivity index (χ0) is 32.7. The number of phosphoric acid groups is 3. The monoisotopic (exact) mass is 675 g/mol. The van der Waals surface area contributed by atoms with Gasteiger partial charge in [0.15, 0.2) is 5.79 Å². The fourth-order valence-corrected chi connectivity index (χ4v) is 8.15. The van der Waals surface area contributed by atoms with E-state index in [4.69, 9.17) is 29.3 Å². The van der Waals surface area contributed by atoms with Gasteiger partial charge in [-0.1, -0.05) is 11.2 Å². The maximum absolute atomic E-state index is 12.9. The first-order valence-electron chi connectivity index (χ1n) is 12.1. The molecule has 2 unspecified atom stereocenters. The van der Waals surface area contributed by atoms with Crippen molar-refractivity contribution in [2.24, 2.45) is 5.11 Å². The molecule has 2 aliphatic rings. The van der Waals surface area contributed by atoms with Gasteiger partial charge in [-0.2, -0.15) is 8.62 Å². The Labute approximate surface area is 243 Å². The molecule has 1 aromatic rings. The van der Waals surface area contributed by atoms with Crippen molar-refractivity contribution in [3.05, 3.63) is 38.8 Å². The highest BCUT2D eigenvalue weighted by Gasteiger charge is 2.58. The van der Waals surface area contributed by atoms with Crippen LogP contribution in [0.4, 0.5) is 17.1 Å². The van der Waals surface area contributed by atoms with Crippen LogP contribution in [0.25, 0.3) is 10.4 Å². The molecule has 3 rings (SSSR count). The lowest BCUT2D eigenvalue weighted by molar-refractivity contribution is -0.384. The molecular formula is C19H30N6O15P3. The quantitative estimate of drug-likeness (QED) is 0.0556. The molecule has 21 nitrogen and oxygen atoms in total. The fraction of sp³-hybridized carbons (Fsp3) is 0.684. The number of anilines is 1. The summed E-state index contributed by atoms with van der Waals surface area (Å²) in [5.74, 6) is -1.34. The highest BCUT2D eigenvalue weighted by Crippen LogP contribution is 2.66. The van der Waals surface area contributed by atoms with Gasteiger partial charge in [-0.25, -0.2) is 13.7 Å². The van der Waals surface area contributed by atoms with Crippen LogP contribution < -0.4 is 5.32 Å². The van der Waals surface area contributed by atoms with Gasteiger partial charge in [-0.3, -0.25) is 14.6 Å². The third-order valence-corrected chi connectivity index (χ3v) is 10.2. The number of benzene rings is 1. The molecule has 0 amide bonds. The Morgan fingerprint density at radius 1 is 1.07 bits per heavy atom. The summed E-state index contributed by atoms with van der Waals surface area (Å²) in [4.78, 5) is 50.6. The van der Waals surface area contributed by atoms with Crippen LogP contribution in [0, 0.1) is 10.1 Å². The molecule has 2 heterocycles. The van der Waals surface area contributed by atoms with Crippen LogP contribution in [-0.2, 0) is 41.5 Å². The number of azide groups is 1. The maximum Gasteiger partial charge on any atom is 0.490 e. The second-order valence-electron chi connectivity index (χ2n) is 11.2. The van der Waals surface area contributed by atoms with Gasteiger partial charge in [0.1, 0.15) is 11.2 Å². The van der Waals surface area contributed by atoms with Gasteiger partial charge in [0.25, 0.3) is 5.69 Å². The number of hydroxylamine groups is 2. The second-order valence-corrected chi connectivity index (χ2v) is 15.6. The summed E-state index contributed by atoms with van der Waals surface area (Å²) < 4.78 is 59.7. The Hall–Kier alpha value is -2.02. The van der Waals surface area contributed by atoms with Crippen LogP contribution in [0.2, 0.25) is 0 Å². The minimum absolute atomic E-state index is 0.0832. The van der Waals surface area contributed by atoms with Gasteiger partial charge < -0.3 is 34.4 Å². The highest BCUT2D eigenvalue weighted by molar-refractivity contribution is 7.66. The molecule has 1 radical (unpaired) electrons. The molecule has 2 atom stereocenters. The van der Waals surface area contributed by atoms with Crippen LogP contribution >= 0.6 is 23.5 Å². The van der Waals surface area contributed by atoms with Crippen LogP contribution in [0.3, 0.4) is 0 Å². The van der Waals surface area contributed by atoms with Crippen molar-refractivity contribution in [3.63, 3.8) is 0 Å². The largest absolute Gasteiger partial charge is 0.490 e. The number of piperidine rings is 1. The average molecular weight is 675 g/mol. The van der Waals surface area contributed by atoms with Gasteiger partial charge in [0.2, 0.25) is 0 Å². The lowest BCUT2D eigenvalue weighted by atomic mass is 9.77. The highest BCUT2D eigenvalue weighted by atomic mass is 31.3. The van der Waals surface area contributed by atoms with Crippen molar-refractivity contribution in [3.8, 4) is 0 Å². The molecule has 0 bridgehead atoms. The van der Waals surface area contributed by atoms with Crippen molar-refractivity contribution in [2.75, 3.05) is 25.1 Å². The number of ether oxygens (including phenoxy) is 2. The average Bonchev–Trinajstić information content (AvgIpc) is 2.82. The summed E-state index contributed by atoms with van der Waals surface area (Å²) in [6.45, 7) is 4.87. The molecule has 0 aromatic heterocycles. The number of phosphoric ester groups is 1. The molecule has 2 fully saturated rings. The normalized spacial score (nSPS) is 23.8. The Morgan fingerprint density at radius 3 is 2.12 bits per heavy atom. The molecule has 2 aliphatic heterocycles. The van der Waals surface area contributed by atoms with E-state index in [1.807, 2.05) is 0 Å². The molecule has 0 aliphatic carbocycles. The minimum Gasteiger partial charge on any atom is -0.368 e. The predicted octanol–water partition coefficient (Wildman–Crippen LogP) is 3.77. The second kappa shape index (κ2) is 12.1. The van der Waals surface area contributed by atoms with E-state index >= 15 is 0 Å². The number of hydrogen-bond donors (Lipinski definition) is 5. The lowest BCUT2D eigenvalue weighted by Gasteiger charge is -2.57. The molecule has 0 saturated carbocycles. The Balaban J connectivity index is 1.94. The van der Waals surface area contributed by atoms with Crippen molar-refractivity contribution < 1.29 is 66.0 Å². The van der Waals surface area contributed by atoms with E-state index in [1.165, 1.54) is 12.1 Å². The van der Waals surface area contributed by atoms with Crippen LogP contribution in [-0.4, -0.2) is 71.8 Å². The van der Waals surface area contributed by atoms with Crippen LogP contribution in [0.15, 0.2) is 23.3 Å². The van der Waals surface area contributed by atoms with Crippen LogP contribution in [0.5, 0.6) is 0 Å². The number of hydrogen-bond acceptors (Lipinski definition) is 13. The number of nitrogens with zero attached hydrogens (tertiary/aromatic N) is 5. The zero-order valence-electron chi connectivity index (χ0n) is 23.1. The molecule has 2 saturated heterocycles. The van der Waals surface area contributed by atoms with E-state index in [0.29, 0.717) is 0 Å². The van der Waals surface area contributed by atoms with E-state index in [2.05, 4.69) is 24.0 Å².